The van der Waals surface area contributed by atoms with Crippen molar-refractivity contribution in [3.05, 3.63) is 71.9 Å². The Morgan fingerprint density at radius 3 is 2.56 bits per heavy atom. The molecule has 214 valence electrons. The highest BCUT2D eigenvalue weighted by atomic mass is 19.4. The van der Waals surface area contributed by atoms with Crippen molar-refractivity contribution in [1.29, 1.82) is 0 Å². The molecule has 5 rings (SSSR count). The average molecular weight is 567 g/mol. The number of nitrogens with two attached hydrogens (primary N) is 1. The fourth-order valence-corrected chi connectivity index (χ4v) is 5.07. The van der Waals surface area contributed by atoms with Crippen LogP contribution in [0.2, 0.25) is 0 Å². The van der Waals surface area contributed by atoms with Crippen LogP contribution in [0.4, 0.5) is 29.6 Å². The molecule has 1 aromatic carbocycles. The monoisotopic (exact) mass is 566 g/mol. The molecule has 3 aromatic heterocycles. The van der Waals surface area contributed by atoms with Crippen molar-refractivity contribution in [1.82, 2.24) is 29.6 Å². The molecule has 1 aliphatic heterocycles. The van der Waals surface area contributed by atoms with E-state index in [0.717, 1.165) is 37.0 Å². The number of nitrogens with zero attached hydrogens (tertiary/aromatic N) is 5. The molecule has 0 aliphatic carbocycles. The number of fused-ring (bicyclic) bond motifs is 1. The van der Waals surface area contributed by atoms with Crippen LogP contribution in [0, 0.1) is 0 Å². The van der Waals surface area contributed by atoms with Gasteiger partial charge in [-0.05, 0) is 51.0 Å². The normalized spacial score (nSPS) is 17.4. The summed E-state index contributed by atoms with van der Waals surface area (Å²) in [7, 11) is 0. The molecule has 3 amide bonds. The molecule has 1 saturated heterocycles. The number of alkyl halides is 3. The number of anilines is 2. The topological polar surface area (TPSA) is 131 Å². The number of carbonyl (C=O) groups is 2. The van der Waals surface area contributed by atoms with Crippen LogP contribution in [0.5, 0.6) is 0 Å². The molecule has 2 atom stereocenters. The van der Waals surface area contributed by atoms with Gasteiger partial charge in [0.25, 0.3) is 5.91 Å². The van der Waals surface area contributed by atoms with Gasteiger partial charge in [0, 0.05) is 54.8 Å². The number of likely N-dealkylation sites (tertiary alicyclic amines) is 1. The third-order valence-electron chi connectivity index (χ3n) is 7.20. The Balaban J connectivity index is 1.42. The first-order valence-corrected chi connectivity index (χ1v) is 13.2. The number of hydrogen-bond donors (Lipinski definition) is 3. The Morgan fingerprint density at radius 2 is 1.85 bits per heavy atom. The van der Waals surface area contributed by atoms with E-state index in [1.807, 2.05) is 23.1 Å². The number of nitrogen functional groups attached to an aromatic ring is 1. The number of carbonyl (C=O) groups excluding carboxylic acids is 2. The predicted octanol–water partition coefficient (Wildman–Crippen LogP) is 4.94. The first-order chi connectivity index (χ1) is 19.6. The van der Waals surface area contributed by atoms with Crippen LogP contribution < -0.4 is 16.4 Å². The van der Waals surface area contributed by atoms with Gasteiger partial charge in [0.1, 0.15) is 28.7 Å². The van der Waals surface area contributed by atoms with Gasteiger partial charge < -0.3 is 21.3 Å². The van der Waals surface area contributed by atoms with Gasteiger partial charge >= 0.3 is 12.2 Å². The molecule has 13 heteroatoms. The van der Waals surface area contributed by atoms with Gasteiger partial charge in [0.2, 0.25) is 0 Å². The molecular formula is C28H29F3N8O2. The second-order valence-corrected chi connectivity index (χ2v) is 9.92. The quantitative estimate of drug-likeness (QED) is 0.314. The molecule has 4 aromatic rings. The molecule has 4 heterocycles. The Kier molecular flexibility index (Phi) is 7.52. The number of urea groups is 1. The van der Waals surface area contributed by atoms with Gasteiger partial charge in [-0.1, -0.05) is 12.1 Å². The first-order valence-electron chi connectivity index (χ1n) is 13.2. The van der Waals surface area contributed by atoms with E-state index in [-0.39, 0.29) is 35.2 Å². The predicted molar refractivity (Wildman–Crippen MR) is 147 cm³/mol. The molecule has 1 fully saturated rings. The van der Waals surface area contributed by atoms with Crippen molar-refractivity contribution in [3.8, 4) is 11.3 Å². The molecule has 10 nitrogen and oxygen atoms in total. The smallest absolute Gasteiger partial charge is 0.382 e. The Bertz CT molecular complexity index is 1590. The number of hydrogen-bond acceptors (Lipinski definition) is 6. The molecule has 4 N–H and O–H groups in total. The maximum Gasteiger partial charge on any atom is 0.416 e. The first kappa shape index (κ1) is 27.9. The maximum absolute atomic E-state index is 13.0. The van der Waals surface area contributed by atoms with Crippen LogP contribution in [-0.4, -0.2) is 55.3 Å². The largest absolute Gasteiger partial charge is 0.416 e. The lowest BCUT2D eigenvalue weighted by atomic mass is 9.93. The van der Waals surface area contributed by atoms with Crippen molar-refractivity contribution < 1.29 is 22.8 Å². The van der Waals surface area contributed by atoms with E-state index >= 15 is 0 Å². The highest BCUT2D eigenvalue weighted by Gasteiger charge is 2.33. The minimum Gasteiger partial charge on any atom is -0.382 e. The number of imidazole rings is 1. The van der Waals surface area contributed by atoms with Crippen LogP contribution >= 0.6 is 0 Å². The van der Waals surface area contributed by atoms with Crippen molar-refractivity contribution >= 4 is 29.1 Å². The summed E-state index contributed by atoms with van der Waals surface area (Å²) in [6.07, 6.45) is 1.47. The number of nitrogens with one attached hydrogen (secondary N) is 2. The summed E-state index contributed by atoms with van der Waals surface area (Å²) in [6, 6.07) is 8.08. The molecule has 0 bridgehead atoms. The molecule has 0 spiro atoms. The SMILES string of the molecule is CCNC(=O)N1C[C@H](c2nc(-c3ccc(C(=O)Nc4cc(C(F)(F)F)ccn4)cc3)c3c(N)nccn23)CC[C@@H]1C. The van der Waals surface area contributed by atoms with Crippen LogP contribution in [0.3, 0.4) is 0 Å². The average Bonchev–Trinajstić information content (AvgIpc) is 3.34. The third kappa shape index (κ3) is 5.65. The minimum atomic E-state index is -4.55. The van der Waals surface area contributed by atoms with Gasteiger partial charge in [-0.3, -0.25) is 9.20 Å². The summed E-state index contributed by atoms with van der Waals surface area (Å²) < 4.78 is 40.9. The lowest BCUT2D eigenvalue weighted by Gasteiger charge is -2.37. The highest BCUT2D eigenvalue weighted by Crippen LogP contribution is 2.35. The Labute approximate surface area is 233 Å². The summed E-state index contributed by atoms with van der Waals surface area (Å²) in [5.41, 5.74) is 7.45. The Hall–Kier alpha value is -4.68. The zero-order valence-electron chi connectivity index (χ0n) is 22.4. The number of amides is 3. The summed E-state index contributed by atoms with van der Waals surface area (Å²) >= 11 is 0. The number of rotatable bonds is 5. The molecule has 0 unspecified atom stereocenters. The zero-order valence-corrected chi connectivity index (χ0v) is 22.4. The highest BCUT2D eigenvalue weighted by molar-refractivity contribution is 6.04. The maximum atomic E-state index is 13.0. The summed E-state index contributed by atoms with van der Waals surface area (Å²) in [5, 5.41) is 5.28. The zero-order chi connectivity index (χ0) is 29.3. The number of aromatic nitrogens is 4. The van der Waals surface area contributed by atoms with E-state index < -0.39 is 17.6 Å². The van der Waals surface area contributed by atoms with Crippen molar-refractivity contribution in [2.24, 2.45) is 0 Å². The van der Waals surface area contributed by atoms with Gasteiger partial charge in [-0.25, -0.2) is 19.7 Å². The van der Waals surface area contributed by atoms with Crippen molar-refractivity contribution in [3.63, 3.8) is 0 Å². The number of piperidine rings is 1. The van der Waals surface area contributed by atoms with Gasteiger partial charge in [0.15, 0.2) is 0 Å². The summed E-state index contributed by atoms with van der Waals surface area (Å²) in [6.45, 7) is 4.95. The summed E-state index contributed by atoms with van der Waals surface area (Å²) in [4.78, 5) is 40.2. The second-order valence-electron chi connectivity index (χ2n) is 9.92. The lowest BCUT2D eigenvalue weighted by molar-refractivity contribution is -0.137. The minimum absolute atomic E-state index is 0.0399. The molecule has 0 saturated carbocycles. The number of benzene rings is 1. The third-order valence-corrected chi connectivity index (χ3v) is 7.20. The van der Waals surface area contributed by atoms with E-state index in [1.54, 1.807) is 36.7 Å². The standard InChI is InChI=1S/C28H29F3N8O2/c1-3-33-27(41)39-15-19(5-4-16(39)2)25-37-22(23-24(32)35-12-13-38(23)25)17-6-8-18(9-7-17)26(40)36-21-14-20(10-11-34-21)28(29,30)31/h6-14,16,19H,3-5,15H2,1-2H3,(H2,32,35)(H,33,41)(H,34,36,40)/t16-,19+/m0/s1. The van der Waals surface area contributed by atoms with E-state index in [9.17, 15) is 22.8 Å². The van der Waals surface area contributed by atoms with Gasteiger partial charge in [-0.2, -0.15) is 13.2 Å². The Morgan fingerprint density at radius 1 is 1.10 bits per heavy atom. The number of pyridine rings is 1. The molecule has 41 heavy (non-hydrogen) atoms. The summed E-state index contributed by atoms with van der Waals surface area (Å²) in [5.74, 6) is 0.177. The second kappa shape index (κ2) is 11.1. The molecular weight excluding hydrogens is 537 g/mol. The van der Waals surface area contributed by atoms with E-state index in [4.69, 9.17) is 10.7 Å². The van der Waals surface area contributed by atoms with Crippen LogP contribution in [0.15, 0.2) is 55.0 Å². The van der Waals surface area contributed by atoms with Crippen molar-refractivity contribution in [2.75, 3.05) is 24.1 Å². The fraction of sp³-hybridized carbons (Fsp3) is 0.321. The fourth-order valence-electron chi connectivity index (χ4n) is 5.07. The van der Waals surface area contributed by atoms with E-state index in [2.05, 4.69) is 20.6 Å². The van der Waals surface area contributed by atoms with Crippen LogP contribution in [-0.2, 0) is 6.18 Å². The number of halogens is 3. The van der Waals surface area contributed by atoms with Crippen molar-refractivity contribution in [2.45, 2.75) is 44.8 Å². The van der Waals surface area contributed by atoms with Gasteiger partial charge in [-0.15, -0.1) is 0 Å². The van der Waals surface area contributed by atoms with E-state index in [1.165, 1.54) is 0 Å². The van der Waals surface area contributed by atoms with Gasteiger partial charge in [0.05, 0.1) is 5.56 Å². The van der Waals surface area contributed by atoms with E-state index in [0.29, 0.717) is 29.9 Å². The van der Waals surface area contributed by atoms with Crippen LogP contribution in [0.1, 0.15) is 54.4 Å². The molecule has 0 radical (unpaired) electrons. The van der Waals surface area contributed by atoms with Crippen LogP contribution in [0.25, 0.3) is 16.8 Å². The lowest BCUT2D eigenvalue weighted by Crippen LogP contribution is -2.49. The molecule has 1 aliphatic rings.